The average Bonchev–Trinajstić information content (AvgIpc) is 2.54. The molecule has 1 aromatic rings. The van der Waals surface area contributed by atoms with Crippen LogP contribution in [0.5, 0.6) is 0 Å². The zero-order chi connectivity index (χ0) is 16.1. The fourth-order valence-electron chi connectivity index (χ4n) is 2.85. The van der Waals surface area contributed by atoms with Crippen LogP contribution in [0.2, 0.25) is 0 Å². The molecule has 6 heteroatoms. The Bertz CT molecular complexity index is 553. The van der Waals surface area contributed by atoms with Crippen LogP contribution in [0.1, 0.15) is 36.5 Å². The van der Waals surface area contributed by atoms with E-state index in [9.17, 15) is 14.0 Å². The summed E-state index contributed by atoms with van der Waals surface area (Å²) in [6.45, 7) is 3.17. The van der Waals surface area contributed by atoms with Crippen molar-refractivity contribution in [2.75, 3.05) is 20.1 Å². The molecule has 0 bridgehead atoms. The molecule has 2 atom stereocenters. The first-order valence-corrected chi connectivity index (χ1v) is 7.76. The molecule has 1 aliphatic heterocycles. The van der Waals surface area contributed by atoms with E-state index in [0.717, 1.165) is 19.4 Å². The molecule has 0 aliphatic carbocycles. The first-order valence-electron chi connectivity index (χ1n) is 7.76. The zero-order valence-corrected chi connectivity index (χ0v) is 14.4. The van der Waals surface area contributed by atoms with Gasteiger partial charge < -0.3 is 10.2 Å². The molecule has 1 aliphatic rings. The summed E-state index contributed by atoms with van der Waals surface area (Å²) in [5, 5.41) is 3.19. The highest BCUT2D eigenvalue weighted by molar-refractivity contribution is 5.99. The highest BCUT2D eigenvalue weighted by Crippen LogP contribution is 2.17. The summed E-state index contributed by atoms with van der Waals surface area (Å²) < 4.78 is 13.2. The minimum Gasteiger partial charge on any atom is -0.341 e. The van der Waals surface area contributed by atoms with E-state index in [1.165, 1.54) is 18.2 Å². The highest BCUT2D eigenvalue weighted by Gasteiger charge is 2.26. The van der Waals surface area contributed by atoms with Crippen LogP contribution in [0.15, 0.2) is 24.3 Å². The summed E-state index contributed by atoms with van der Waals surface area (Å²) in [5.74, 6) is -1.06. The van der Waals surface area contributed by atoms with Gasteiger partial charge in [-0.2, -0.15) is 0 Å². The van der Waals surface area contributed by atoms with Crippen molar-refractivity contribution in [2.45, 2.75) is 32.2 Å². The van der Waals surface area contributed by atoms with Crippen LogP contribution >= 0.6 is 12.4 Å². The third-order valence-corrected chi connectivity index (χ3v) is 4.22. The Morgan fingerprint density at radius 1 is 1.43 bits per heavy atom. The number of carbonyl (C=O) groups excluding carboxylic acids is 2. The lowest BCUT2D eigenvalue weighted by molar-refractivity contribution is -0.133. The lowest BCUT2D eigenvalue weighted by atomic mass is 9.95. The summed E-state index contributed by atoms with van der Waals surface area (Å²) >= 11 is 0. The Hall–Kier alpha value is -1.46. The standard InChI is InChI=1S/C17H23FN2O2.ClH/c1-12(17(22)13-5-3-6-14(18)10-13)9-16(21)20-8-4-7-15(11-20)19-2;/h3,5-6,10,12,15,19H,4,7-9,11H2,1-2H3;1H. The van der Waals surface area contributed by atoms with Gasteiger partial charge in [-0.15, -0.1) is 12.4 Å². The summed E-state index contributed by atoms with van der Waals surface area (Å²) in [4.78, 5) is 26.4. The Balaban J connectivity index is 0.00000264. The van der Waals surface area contributed by atoms with Crippen molar-refractivity contribution in [3.8, 4) is 0 Å². The molecule has 0 aromatic heterocycles. The van der Waals surface area contributed by atoms with Crippen molar-refractivity contribution >= 4 is 24.1 Å². The third kappa shape index (κ3) is 5.29. The fraction of sp³-hybridized carbons (Fsp3) is 0.529. The zero-order valence-electron chi connectivity index (χ0n) is 13.5. The number of benzene rings is 1. The van der Waals surface area contributed by atoms with Gasteiger partial charge in [-0.3, -0.25) is 9.59 Å². The largest absolute Gasteiger partial charge is 0.341 e. The number of likely N-dealkylation sites (tertiary alicyclic amines) is 1. The maximum atomic E-state index is 13.2. The topological polar surface area (TPSA) is 49.4 Å². The number of carbonyl (C=O) groups is 2. The summed E-state index contributed by atoms with van der Waals surface area (Å²) in [7, 11) is 1.90. The number of hydrogen-bond acceptors (Lipinski definition) is 3. The van der Waals surface area contributed by atoms with E-state index in [2.05, 4.69) is 5.32 Å². The van der Waals surface area contributed by atoms with E-state index < -0.39 is 11.7 Å². The Morgan fingerprint density at radius 2 is 2.17 bits per heavy atom. The number of nitrogens with zero attached hydrogens (tertiary/aromatic N) is 1. The molecule has 0 saturated carbocycles. The van der Waals surface area contributed by atoms with E-state index in [-0.39, 0.29) is 30.5 Å². The van der Waals surface area contributed by atoms with Crippen LogP contribution in [0.25, 0.3) is 0 Å². The molecule has 1 amide bonds. The van der Waals surface area contributed by atoms with E-state index >= 15 is 0 Å². The van der Waals surface area contributed by atoms with Crippen LogP contribution < -0.4 is 5.32 Å². The van der Waals surface area contributed by atoms with E-state index in [1.54, 1.807) is 13.0 Å². The number of amides is 1. The summed E-state index contributed by atoms with van der Waals surface area (Å²) in [6, 6.07) is 5.95. The SMILES string of the molecule is CNC1CCCN(C(=O)CC(C)C(=O)c2cccc(F)c2)C1.Cl. The van der Waals surface area contributed by atoms with Crippen molar-refractivity contribution in [2.24, 2.45) is 5.92 Å². The number of ketones is 1. The van der Waals surface area contributed by atoms with Gasteiger partial charge in [0.05, 0.1) is 0 Å². The van der Waals surface area contributed by atoms with Crippen LogP contribution in [-0.2, 0) is 4.79 Å². The molecule has 0 radical (unpaired) electrons. The quantitative estimate of drug-likeness (QED) is 0.837. The molecular weight excluding hydrogens is 319 g/mol. The lowest BCUT2D eigenvalue weighted by Crippen LogP contribution is -2.47. The monoisotopic (exact) mass is 342 g/mol. The second-order valence-electron chi connectivity index (χ2n) is 5.95. The van der Waals surface area contributed by atoms with E-state index in [4.69, 9.17) is 0 Å². The first kappa shape index (κ1) is 19.6. The average molecular weight is 343 g/mol. The number of rotatable bonds is 5. The Morgan fingerprint density at radius 3 is 2.83 bits per heavy atom. The first-order chi connectivity index (χ1) is 10.5. The molecule has 128 valence electrons. The van der Waals surface area contributed by atoms with Crippen LogP contribution in [-0.4, -0.2) is 42.8 Å². The van der Waals surface area contributed by atoms with Crippen molar-refractivity contribution in [3.63, 3.8) is 0 Å². The van der Waals surface area contributed by atoms with Gasteiger partial charge in [0.25, 0.3) is 0 Å². The van der Waals surface area contributed by atoms with E-state index in [0.29, 0.717) is 18.2 Å². The number of likely N-dealkylation sites (N-methyl/N-ethyl adjacent to an activating group) is 1. The summed E-state index contributed by atoms with van der Waals surface area (Å²) in [5.41, 5.74) is 0.326. The van der Waals surface area contributed by atoms with Gasteiger partial charge in [0.15, 0.2) is 5.78 Å². The Kier molecular flexibility index (Phi) is 7.65. The van der Waals surface area contributed by atoms with Crippen LogP contribution in [0, 0.1) is 11.7 Å². The maximum Gasteiger partial charge on any atom is 0.223 e. The van der Waals surface area contributed by atoms with Crippen LogP contribution in [0.3, 0.4) is 0 Å². The van der Waals surface area contributed by atoms with Gasteiger partial charge in [-0.25, -0.2) is 4.39 Å². The maximum absolute atomic E-state index is 13.2. The molecule has 1 N–H and O–H groups in total. The molecule has 1 fully saturated rings. The van der Waals surface area contributed by atoms with Gasteiger partial charge in [0, 0.05) is 37.0 Å². The van der Waals surface area contributed by atoms with Crippen molar-refractivity contribution < 1.29 is 14.0 Å². The van der Waals surface area contributed by atoms with Crippen molar-refractivity contribution in [1.29, 1.82) is 0 Å². The van der Waals surface area contributed by atoms with Gasteiger partial charge in [0.2, 0.25) is 5.91 Å². The van der Waals surface area contributed by atoms with Gasteiger partial charge >= 0.3 is 0 Å². The molecule has 4 nitrogen and oxygen atoms in total. The molecule has 0 spiro atoms. The number of piperidine rings is 1. The normalized spacial score (nSPS) is 18.9. The number of nitrogens with one attached hydrogen (secondary N) is 1. The number of hydrogen-bond donors (Lipinski definition) is 1. The predicted octanol–water partition coefficient (Wildman–Crippen LogP) is 2.67. The minimum absolute atomic E-state index is 0. The molecule has 1 heterocycles. The van der Waals surface area contributed by atoms with Crippen molar-refractivity contribution in [3.05, 3.63) is 35.6 Å². The van der Waals surface area contributed by atoms with Gasteiger partial charge in [0.1, 0.15) is 5.82 Å². The minimum atomic E-state index is -0.440. The molecule has 23 heavy (non-hydrogen) atoms. The second kappa shape index (κ2) is 8.99. The number of Topliss-reactive ketones (excluding diaryl/α,β-unsaturated/α-hetero) is 1. The molecule has 1 saturated heterocycles. The third-order valence-electron chi connectivity index (χ3n) is 4.22. The summed E-state index contributed by atoms with van der Waals surface area (Å²) in [6.07, 6.45) is 2.22. The smallest absolute Gasteiger partial charge is 0.223 e. The lowest BCUT2D eigenvalue weighted by Gasteiger charge is -2.33. The molecule has 2 rings (SSSR count). The van der Waals surface area contributed by atoms with Gasteiger partial charge in [-0.05, 0) is 32.0 Å². The highest BCUT2D eigenvalue weighted by atomic mass is 35.5. The molecule has 1 aromatic carbocycles. The van der Waals surface area contributed by atoms with E-state index in [1.807, 2.05) is 11.9 Å². The van der Waals surface area contributed by atoms with Crippen molar-refractivity contribution in [1.82, 2.24) is 10.2 Å². The van der Waals surface area contributed by atoms with Gasteiger partial charge in [-0.1, -0.05) is 19.1 Å². The predicted molar refractivity (Wildman–Crippen MR) is 90.4 cm³/mol. The molecule has 2 unspecified atom stereocenters. The second-order valence-corrected chi connectivity index (χ2v) is 5.95. The molecular formula is C17H24ClFN2O2. The van der Waals surface area contributed by atoms with Crippen LogP contribution in [0.4, 0.5) is 4.39 Å². The Labute approximate surface area is 142 Å². The fourth-order valence-corrected chi connectivity index (χ4v) is 2.85. The number of halogens is 2.